The predicted octanol–water partition coefficient (Wildman–Crippen LogP) is 2.78. The molecule has 0 spiro atoms. The van der Waals surface area contributed by atoms with Gasteiger partial charge in [-0.1, -0.05) is 24.3 Å². The zero-order valence-electron chi connectivity index (χ0n) is 18.5. The summed E-state index contributed by atoms with van der Waals surface area (Å²) in [6.07, 6.45) is 1.05. The number of benzene rings is 1. The van der Waals surface area contributed by atoms with E-state index in [2.05, 4.69) is 34.5 Å². The molecule has 2 saturated heterocycles. The van der Waals surface area contributed by atoms with Crippen LogP contribution in [0.5, 0.6) is 0 Å². The van der Waals surface area contributed by atoms with Crippen LogP contribution in [0.2, 0.25) is 0 Å². The van der Waals surface area contributed by atoms with Crippen LogP contribution in [0.3, 0.4) is 0 Å². The highest BCUT2D eigenvalue weighted by Gasteiger charge is 2.29. The van der Waals surface area contributed by atoms with E-state index in [1.54, 1.807) is 4.90 Å². The van der Waals surface area contributed by atoms with Gasteiger partial charge in [0.15, 0.2) is 0 Å². The van der Waals surface area contributed by atoms with Crippen molar-refractivity contribution in [1.82, 2.24) is 15.1 Å². The largest absolute Gasteiger partial charge is 0.444 e. The van der Waals surface area contributed by atoms with E-state index >= 15 is 0 Å². The molecule has 0 aliphatic carbocycles. The number of nitrogens with zero attached hydrogens (tertiary/aromatic N) is 2. The fourth-order valence-corrected chi connectivity index (χ4v) is 3.76. The fourth-order valence-electron chi connectivity index (χ4n) is 3.76. The zero-order valence-corrected chi connectivity index (χ0v) is 18.5. The van der Waals surface area contributed by atoms with E-state index in [1.165, 1.54) is 5.56 Å². The Balaban J connectivity index is 1.39. The van der Waals surface area contributed by atoms with Gasteiger partial charge in [0.1, 0.15) is 5.60 Å². The fraction of sp³-hybridized carbons (Fsp3) is 0.652. The lowest BCUT2D eigenvalue weighted by Gasteiger charge is -2.32. The van der Waals surface area contributed by atoms with Gasteiger partial charge in [-0.05, 0) is 44.7 Å². The predicted molar refractivity (Wildman–Crippen MR) is 115 cm³/mol. The molecular weight excluding hydrogens is 382 g/mol. The molecule has 0 aromatic heterocycles. The van der Waals surface area contributed by atoms with Gasteiger partial charge in [0.25, 0.3) is 0 Å². The van der Waals surface area contributed by atoms with Gasteiger partial charge in [0.05, 0.1) is 13.2 Å². The van der Waals surface area contributed by atoms with Crippen molar-refractivity contribution in [2.45, 2.75) is 52.3 Å². The maximum absolute atomic E-state index is 12.5. The van der Waals surface area contributed by atoms with Gasteiger partial charge in [0, 0.05) is 45.2 Å². The van der Waals surface area contributed by atoms with Crippen LogP contribution in [0.25, 0.3) is 0 Å². The second kappa shape index (κ2) is 10.3. The topological polar surface area (TPSA) is 71.1 Å². The summed E-state index contributed by atoms with van der Waals surface area (Å²) in [5.74, 6) is 0.0144. The summed E-state index contributed by atoms with van der Waals surface area (Å²) < 4.78 is 10.8. The van der Waals surface area contributed by atoms with Crippen LogP contribution < -0.4 is 5.32 Å². The van der Waals surface area contributed by atoms with Crippen molar-refractivity contribution in [3.63, 3.8) is 0 Å². The van der Waals surface area contributed by atoms with Crippen molar-refractivity contribution >= 4 is 12.0 Å². The number of nitrogens with one attached hydrogen (secondary N) is 1. The van der Waals surface area contributed by atoms with E-state index in [0.717, 1.165) is 38.4 Å². The third kappa shape index (κ3) is 6.99. The molecule has 0 radical (unpaired) electrons. The van der Waals surface area contributed by atoms with Crippen molar-refractivity contribution in [2.75, 3.05) is 39.4 Å². The Bertz CT molecular complexity index is 700. The average molecular weight is 418 g/mol. The Morgan fingerprint density at radius 2 is 1.63 bits per heavy atom. The maximum atomic E-state index is 12.5. The van der Waals surface area contributed by atoms with Crippen molar-refractivity contribution in [3.05, 3.63) is 35.4 Å². The normalized spacial score (nSPS) is 18.8. The third-order valence-corrected chi connectivity index (χ3v) is 5.52. The van der Waals surface area contributed by atoms with Crippen LogP contribution >= 0.6 is 0 Å². The summed E-state index contributed by atoms with van der Waals surface area (Å²) in [6, 6.07) is 8.44. The molecule has 2 fully saturated rings. The minimum atomic E-state index is -0.497. The highest BCUT2D eigenvalue weighted by atomic mass is 16.6. The molecule has 0 unspecified atom stereocenters. The quantitative estimate of drug-likeness (QED) is 0.798. The minimum absolute atomic E-state index is 0.0516. The van der Waals surface area contributed by atoms with Crippen LogP contribution in [-0.2, 0) is 27.4 Å². The van der Waals surface area contributed by atoms with E-state index in [9.17, 15) is 9.59 Å². The van der Waals surface area contributed by atoms with Gasteiger partial charge in [-0.15, -0.1) is 0 Å². The number of piperidine rings is 1. The molecule has 2 aliphatic heterocycles. The highest BCUT2D eigenvalue weighted by Crippen LogP contribution is 2.20. The Morgan fingerprint density at radius 1 is 1.03 bits per heavy atom. The van der Waals surface area contributed by atoms with Crippen molar-refractivity contribution in [3.8, 4) is 0 Å². The van der Waals surface area contributed by atoms with E-state index in [1.807, 2.05) is 20.8 Å². The number of hydrogen-bond acceptors (Lipinski definition) is 5. The number of ether oxygens (including phenoxy) is 2. The number of carbonyl (C=O) groups excluding carboxylic acids is 2. The zero-order chi connectivity index (χ0) is 21.6. The summed E-state index contributed by atoms with van der Waals surface area (Å²) in [5.41, 5.74) is 1.88. The van der Waals surface area contributed by atoms with Crippen molar-refractivity contribution < 1.29 is 19.1 Å². The Morgan fingerprint density at radius 3 is 2.23 bits per heavy atom. The van der Waals surface area contributed by atoms with Gasteiger partial charge < -0.3 is 19.7 Å². The molecule has 1 N–H and O–H groups in total. The number of amides is 2. The van der Waals surface area contributed by atoms with Crippen molar-refractivity contribution in [2.24, 2.45) is 5.92 Å². The first-order valence-electron chi connectivity index (χ1n) is 10.9. The molecule has 0 bridgehead atoms. The Labute approximate surface area is 179 Å². The highest BCUT2D eigenvalue weighted by molar-refractivity contribution is 5.79. The van der Waals surface area contributed by atoms with Gasteiger partial charge in [-0.2, -0.15) is 0 Å². The number of rotatable bonds is 5. The summed E-state index contributed by atoms with van der Waals surface area (Å²) in [6.45, 7) is 11.7. The average Bonchev–Trinajstić information content (AvgIpc) is 2.73. The second-order valence-corrected chi connectivity index (χ2v) is 9.16. The van der Waals surface area contributed by atoms with E-state index in [0.29, 0.717) is 32.5 Å². The molecule has 2 heterocycles. The molecule has 1 aromatic rings. The third-order valence-electron chi connectivity index (χ3n) is 5.52. The molecular formula is C23H35N3O4. The number of hydrogen-bond donors (Lipinski definition) is 1. The summed E-state index contributed by atoms with van der Waals surface area (Å²) in [4.78, 5) is 28.8. The first-order valence-corrected chi connectivity index (χ1v) is 10.9. The smallest absolute Gasteiger partial charge is 0.410 e. The van der Waals surface area contributed by atoms with E-state index in [4.69, 9.17) is 9.47 Å². The van der Waals surface area contributed by atoms with E-state index in [-0.39, 0.29) is 17.9 Å². The Hall–Kier alpha value is -2.12. The molecule has 2 amide bonds. The van der Waals surface area contributed by atoms with Crippen LogP contribution in [0.1, 0.15) is 44.7 Å². The summed E-state index contributed by atoms with van der Waals surface area (Å²) in [7, 11) is 0. The van der Waals surface area contributed by atoms with Gasteiger partial charge >= 0.3 is 6.09 Å². The first-order chi connectivity index (χ1) is 14.3. The molecule has 3 rings (SSSR count). The van der Waals surface area contributed by atoms with Crippen LogP contribution in [0, 0.1) is 5.92 Å². The number of likely N-dealkylation sites (tertiary alicyclic amines) is 1. The number of carbonyl (C=O) groups is 2. The summed E-state index contributed by atoms with van der Waals surface area (Å²) in [5, 5.41) is 3.05. The SMILES string of the molecule is CC(C)(C)OC(=O)N1CCC(C(=O)NCc2ccc(CN3CCOCC3)cc2)CC1. The Kier molecular flexibility index (Phi) is 7.72. The first kappa shape index (κ1) is 22.6. The molecule has 7 heteroatoms. The summed E-state index contributed by atoms with van der Waals surface area (Å²) >= 11 is 0. The molecule has 1 aromatic carbocycles. The van der Waals surface area contributed by atoms with Crippen molar-refractivity contribution in [1.29, 1.82) is 0 Å². The van der Waals surface area contributed by atoms with E-state index < -0.39 is 5.60 Å². The monoisotopic (exact) mass is 417 g/mol. The molecule has 30 heavy (non-hydrogen) atoms. The molecule has 166 valence electrons. The van der Waals surface area contributed by atoms with Crippen LogP contribution in [0.4, 0.5) is 4.79 Å². The lowest BCUT2D eigenvalue weighted by Crippen LogP contribution is -2.44. The molecule has 0 atom stereocenters. The lowest BCUT2D eigenvalue weighted by molar-refractivity contribution is -0.126. The molecule has 7 nitrogen and oxygen atoms in total. The second-order valence-electron chi connectivity index (χ2n) is 9.16. The molecule has 2 aliphatic rings. The minimum Gasteiger partial charge on any atom is -0.444 e. The van der Waals surface area contributed by atoms with Gasteiger partial charge in [0.2, 0.25) is 5.91 Å². The van der Waals surface area contributed by atoms with Gasteiger partial charge in [-0.3, -0.25) is 9.69 Å². The standard InChI is InChI=1S/C23H35N3O4/c1-23(2,3)30-22(28)26-10-8-20(9-11-26)21(27)24-16-18-4-6-19(7-5-18)17-25-12-14-29-15-13-25/h4-7,20H,8-17H2,1-3H3,(H,24,27). The maximum Gasteiger partial charge on any atom is 0.410 e. The lowest BCUT2D eigenvalue weighted by atomic mass is 9.96. The van der Waals surface area contributed by atoms with Crippen LogP contribution in [0.15, 0.2) is 24.3 Å². The number of morpholine rings is 1. The van der Waals surface area contributed by atoms with Crippen LogP contribution in [-0.4, -0.2) is 66.8 Å². The van der Waals surface area contributed by atoms with Gasteiger partial charge in [-0.25, -0.2) is 4.79 Å². The molecule has 0 saturated carbocycles.